The van der Waals surface area contributed by atoms with Gasteiger partial charge in [0, 0.05) is 17.5 Å². The molecule has 0 bridgehead atoms. The summed E-state index contributed by atoms with van der Waals surface area (Å²) in [6.45, 7) is 2.37. The van der Waals surface area contributed by atoms with Gasteiger partial charge in [0.05, 0.1) is 24.2 Å². The molecule has 1 aliphatic heterocycles. The molecule has 1 N–H and O–H groups in total. The van der Waals surface area contributed by atoms with Crippen molar-refractivity contribution >= 4 is 42.8 Å². The van der Waals surface area contributed by atoms with Crippen LogP contribution < -0.4 is 13.8 Å². The molecule has 26 heavy (non-hydrogen) atoms. The second-order valence-electron chi connectivity index (χ2n) is 5.81. The third kappa shape index (κ3) is 3.67. The SMILES string of the molecule is CCc1ccc(S(=O)(=O)Nc2ccc(N3CCCS3(=O)=O)cc2OC)s1. The molecule has 3 rings (SSSR count). The van der Waals surface area contributed by atoms with Crippen molar-refractivity contribution in [2.75, 3.05) is 28.4 Å². The Balaban J connectivity index is 1.91. The second kappa shape index (κ2) is 7.09. The summed E-state index contributed by atoms with van der Waals surface area (Å²) < 4.78 is 58.6. The quantitative estimate of drug-likeness (QED) is 0.781. The fraction of sp³-hybridized carbons (Fsp3) is 0.375. The second-order valence-corrected chi connectivity index (χ2v) is 10.9. The zero-order valence-corrected chi connectivity index (χ0v) is 16.9. The Morgan fingerprint density at radius 2 is 2.04 bits per heavy atom. The van der Waals surface area contributed by atoms with Crippen LogP contribution in [0.3, 0.4) is 0 Å². The highest BCUT2D eigenvalue weighted by Crippen LogP contribution is 2.34. The number of nitrogens with zero attached hydrogens (tertiary/aromatic N) is 1. The molecule has 2 aromatic rings. The summed E-state index contributed by atoms with van der Waals surface area (Å²) in [5.41, 5.74) is 0.728. The molecule has 142 valence electrons. The van der Waals surface area contributed by atoms with Gasteiger partial charge in [-0.25, -0.2) is 16.8 Å². The average molecular weight is 417 g/mol. The number of anilines is 2. The van der Waals surface area contributed by atoms with Crippen molar-refractivity contribution in [1.29, 1.82) is 0 Å². The predicted octanol–water partition coefficient (Wildman–Crippen LogP) is 2.66. The van der Waals surface area contributed by atoms with Crippen LogP contribution in [0.25, 0.3) is 0 Å². The van der Waals surface area contributed by atoms with E-state index in [1.165, 1.54) is 34.9 Å². The van der Waals surface area contributed by atoms with Crippen molar-refractivity contribution in [2.24, 2.45) is 0 Å². The minimum absolute atomic E-state index is 0.113. The molecule has 1 fully saturated rings. The van der Waals surface area contributed by atoms with Crippen molar-refractivity contribution in [3.8, 4) is 5.75 Å². The van der Waals surface area contributed by atoms with Crippen LogP contribution in [0, 0.1) is 0 Å². The molecule has 2 heterocycles. The number of benzene rings is 1. The van der Waals surface area contributed by atoms with Crippen LogP contribution in [-0.4, -0.2) is 36.2 Å². The lowest BCUT2D eigenvalue weighted by molar-refractivity contribution is 0.417. The van der Waals surface area contributed by atoms with Gasteiger partial charge in [0.25, 0.3) is 10.0 Å². The van der Waals surface area contributed by atoms with Gasteiger partial charge in [-0.15, -0.1) is 11.3 Å². The van der Waals surface area contributed by atoms with Crippen LogP contribution >= 0.6 is 11.3 Å². The first-order valence-corrected chi connectivity index (χ1v) is 12.0. The molecule has 7 nitrogen and oxygen atoms in total. The Labute approximate surface area is 157 Å². The van der Waals surface area contributed by atoms with Gasteiger partial charge in [-0.1, -0.05) is 6.92 Å². The number of rotatable bonds is 6. The summed E-state index contributed by atoms with van der Waals surface area (Å²) >= 11 is 1.22. The van der Waals surface area contributed by atoms with E-state index in [2.05, 4.69) is 4.72 Å². The fourth-order valence-electron chi connectivity index (χ4n) is 2.74. The van der Waals surface area contributed by atoms with E-state index in [1.54, 1.807) is 18.2 Å². The molecule has 1 aromatic heterocycles. The maximum absolute atomic E-state index is 12.6. The van der Waals surface area contributed by atoms with Crippen LogP contribution in [0.4, 0.5) is 11.4 Å². The largest absolute Gasteiger partial charge is 0.494 e. The van der Waals surface area contributed by atoms with Gasteiger partial charge in [0.1, 0.15) is 9.96 Å². The molecule has 10 heteroatoms. The lowest BCUT2D eigenvalue weighted by atomic mass is 10.2. The van der Waals surface area contributed by atoms with Crippen molar-refractivity contribution < 1.29 is 21.6 Å². The van der Waals surface area contributed by atoms with Crippen LogP contribution in [0.15, 0.2) is 34.5 Å². The van der Waals surface area contributed by atoms with E-state index in [9.17, 15) is 16.8 Å². The summed E-state index contributed by atoms with van der Waals surface area (Å²) in [7, 11) is -5.64. The van der Waals surface area contributed by atoms with Gasteiger partial charge in [-0.05, 0) is 37.1 Å². The summed E-state index contributed by atoms with van der Waals surface area (Å²) in [5, 5.41) is 0. The third-order valence-electron chi connectivity index (χ3n) is 4.07. The number of aryl methyl sites for hydroxylation is 1. The van der Waals surface area contributed by atoms with E-state index >= 15 is 0 Å². The minimum Gasteiger partial charge on any atom is -0.494 e. The summed E-state index contributed by atoms with van der Waals surface area (Å²) in [4.78, 5) is 0.979. The fourth-order valence-corrected chi connectivity index (χ4v) is 6.66. The van der Waals surface area contributed by atoms with E-state index in [4.69, 9.17) is 4.74 Å². The van der Waals surface area contributed by atoms with Gasteiger partial charge in [-0.2, -0.15) is 0 Å². The van der Waals surface area contributed by atoms with Gasteiger partial charge in [0.2, 0.25) is 10.0 Å². The average Bonchev–Trinajstić information content (AvgIpc) is 3.21. The maximum atomic E-state index is 12.6. The van der Waals surface area contributed by atoms with E-state index in [0.717, 1.165) is 11.3 Å². The van der Waals surface area contributed by atoms with E-state index < -0.39 is 20.0 Å². The summed E-state index contributed by atoms with van der Waals surface area (Å²) in [6, 6.07) is 8.00. The molecule has 1 aromatic carbocycles. The lowest BCUT2D eigenvalue weighted by Gasteiger charge is -2.19. The molecular weight excluding hydrogens is 396 g/mol. The highest BCUT2D eigenvalue weighted by Gasteiger charge is 2.29. The van der Waals surface area contributed by atoms with E-state index in [-0.39, 0.29) is 21.4 Å². The number of ether oxygens (including phenoxy) is 1. The third-order valence-corrected chi connectivity index (χ3v) is 9.02. The Morgan fingerprint density at radius 3 is 2.62 bits per heavy atom. The zero-order chi connectivity index (χ0) is 18.9. The summed E-state index contributed by atoms with van der Waals surface area (Å²) in [5.74, 6) is 0.377. The lowest BCUT2D eigenvalue weighted by Crippen LogP contribution is -2.25. The van der Waals surface area contributed by atoms with Crippen molar-refractivity contribution in [2.45, 2.75) is 24.0 Å². The van der Waals surface area contributed by atoms with Gasteiger partial charge >= 0.3 is 0 Å². The molecular formula is C16H20N2O5S3. The molecule has 0 unspecified atom stereocenters. The van der Waals surface area contributed by atoms with E-state index in [0.29, 0.717) is 18.7 Å². The normalized spacial score (nSPS) is 16.6. The first-order valence-electron chi connectivity index (χ1n) is 8.07. The molecule has 1 aliphatic rings. The van der Waals surface area contributed by atoms with Gasteiger partial charge in [-0.3, -0.25) is 9.03 Å². The molecule has 0 radical (unpaired) electrons. The smallest absolute Gasteiger partial charge is 0.271 e. The zero-order valence-electron chi connectivity index (χ0n) is 14.4. The van der Waals surface area contributed by atoms with Crippen LogP contribution in [0.2, 0.25) is 0 Å². The molecule has 0 spiro atoms. The highest BCUT2D eigenvalue weighted by molar-refractivity contribution is 7.94. The Morgan fingerprint density at radius 1 is 1.27 bits per heavy atom. The number of nitrogens with one attached hydrogen (secondary N) is 1. The molecule has 0 atom stereocenters. The first-order chi connectivity index (χ1) is 12.3. The summed E-state index contributed by atoms with van der Waals surface area (Å²) in [6.07, 6.45) is 1.33. The topological polar surface area (TPSA) is 92.8 Å². The first kappa shape index (κ1) is 19.0. The predicted molar refractivity (Wildman–Crippen MR) is 103 cm³/mol. The molecule has 0 amide bonds. The minimum atomic E-state index is -3.73. The van der Waals surface area contributed by atoms with Crippen LogP contribution in [0.1, 0.15) is 18.2 Å². The van der Waals surface area contributed by atoms with Gasteiger partial charge in [0.15, 0.2) is 0 Å². The standard InChI is InChI=1S/C16H20N2O5S3/c1-3-13-6-8-16(24-13)26(21,22)17-14-7-5-12(11-15(14)23-2)18-9-4-10-25(18,19)20/h5-8,11,17H,3-4,9-10H2,1-2H3. The number of hydrogen-bond donors (Lipinski definition) is 1. The monoisotopic (exact) mass is 416 g/mol. The number of sulfonamides is 2. The van der Waals surface area contributed by atoms with E-state index in [1.807, 2.05) is 6.92 Å². The van der Waals surface area contributed by atoms with Crippen molar-refractivity contribution in [3.63, 3.8) is 0 Å². The number of methoxy groups -OCH3 is 1. The highest BCUT2D eigenvalue weighted by atomic mass is 32.2. The van der Waals surface area contributed by atoms with Crippen LogP contribution in [0.5, 0.6) is 5.75 Å². The number of hydrogen-bond acceptors (Lipinski definition) is 6. The number of thiophene rings is 1. The Kier molecular flexibility index (Phi) is 5.18. The van der Waals surface area contributed by atoms with Crippen molar-refractivity contribution in [1.82, 2.24) is 0 Å². The molecule has 0 aliphatic carbocycles. The Bertz CT molecular complexity index is 1010. The molecule has 0 saturated carbocycles. The molecule has 1 saturated heterocycles. The van der Waals surface area contributed by atoms with Crippen LogP contribution in [-0.2, 0) is 26.5 Å². The van der Waals surface area contributed by atoms with Gasteiger partial charge < -0.3 is 4.74 Å². The maximum Gasteiger partial charge on any atom is 0.271 e. The Hall–Kier alpha value is -1.78. The van der Waals surface area contributed by atoms with Crippen molar-refractivity contribution in [3.05, 3.63) is 35.2 Å².